The number of anilines is 2. The minimum Gasteiger partial charge on any atom is -0.391 e. The van der Waals surface area contributed by atoms with E-state index in [0.29, 0.717) is 25.4 Å². The van der Waals surface area contributed by atoms with E-state index in [1.54, 1.807) is 19.5 Å². The van der Waals surface area contributed by atoms with E-state index in [-0.39, 0.29) is 0 Å². The highest BCUT2D eigenvalue weighted by Crippen LogP contribution is 2.06. The lowest BCUT2D eigenvalue weighted by Gasteiger charge is -2.10. The van der Waals surface area contributed by atoms with Crippen LogP contribution >= 0.6 is 0 Å². The van der Waals surface area contributed by atoms with Gasteiger partial charge in [-0.25, -0.2) is 4.98 Å². The van der Waals surface area contributed by atoms with Crippen LogP contribution in [0, 0.1) is 0 Å². The van der Waals surface area contributed by atoms with Gasteiger partial charge < -0.3 is 20.5 Å². The van der Waals surface area contributed by atoms with Crippen molar-refractivity contribution in [1.82, 2.24) is 9.97 Å². The lowest BCUT2D eigenvalue weighted by Crippen LogP contribution is -2.18. The van der Waals surface area contributed by atoms with E-state index in [2.05, 4.69) is 20.6 Å². The number of ether oxygens (including phenoxy) is 1. The van der Waals surface area contributed by atoms with Crippen LogP contribution in [0.2, 0.25) is 0 Å². The maximum Gasteiger partial charge on any atom is 0.146 e. The number of rotatable bonds is 8. The highest BCUT2D eigenvalue weighted by Gasteiger charge is 2.03. The molecule has 0 aliphatic rings. The first-order valence-electron chi connectivity index (χ1n) is 5.73. The van der Waals surface area contributed by atoms with Crippen molar-refractivity contribution in [1.29, 1.82) is 0 Å². The molecule has 0 aliphatic heterocycles. The van der Waals surface area contributed by atoms with Gasteiger partial charge >= 0.3 is 0 Å². The average Bonchev–Trinajstić information content (AvgIpc) is 2.30. The molecule has 1 rings (SSSR count). The molecule has 6 nitrogen and oxygen atoms in total. The van der Waals surface area contributed by atoms with Crippen LogP contribution in [0.4, 0.5) is 11.6 Å². The summed E-state index contributed by atoms with van der Waals surface area (Å²) in [6, 6.07) is 0. The summed E-state index contributed by atoms with van der Waals surface area (Å²) in [7, 11) is 1.57. The van der Waals surface area contributed by atoms with Gasteiger partial charge in [0.15, 0.2) is 0 Å². The van der Waals surface area contributed by atoms with E-state index in [9.17, 15) is 5.11 Å². The Morgan fingerprint density at radius 1 is 1.35 bits per heavy atom. The number of nitrogens with zero attached hydrogens (tertiary/aromatic N) is 2. The molecule has 3 N–H and O–H groups in total. The standard InChI is InChI=1S/C11H20N4O2/c1-3-13-10-6-12-7-11(15-10)14-5-4-9(16)8-17-2/h6-7,9,16H,3-5,8H2,1-2H3,(H2,13,14,15). The second kappa shape index (κ2) is 7.81. The number of aliphatic hydroxyl groups is 1. The Labute approximate surface area is 101 Å². The van der Waals surface area contributed by atoms with Crippen LogP contribution in [-0.2, 0) is 4.74 Å². The molecular formula is C11H20N4O2. The summed E-state index contributed by atoms with van der Waals surface area (Å²) >= 11 is 0. The summed E-state index contributed by atoms with van der Waals surface area (Å²) in [6.07, 6.45) is 3.50. The number of methoxy groups -OCH3 is 1. The van der Waals surface area contributed by atoms with Crippen LogP contribution in [0.25, 0.3) is 0 Å². The molecule has 0 saturated carbocycles. The van der Waals surface area contributed by atoms with Crippen LogP contribution in [0.1, 0.15) is 13.3 Å². The van der Waals surface area contributed by atoms with Gasteiger partial charge in [-0.3, -0.25) is 4.98 Å². The molecule has 0 spiro atoms. The molecule has 1 heterocycles. The third-order valence-corrected chi connectivity index (χ3v) is 2.14. The lowest BCUT2D eigenvalue weighted by atomic mass is 10.3. The molecule has 1 atom stereocenters. The van der Waals surface area contributed by atoms with E-state index in [1.165, 1.54) is 0 Å². The fraction of sp³-hybridized carbons (Fsp3) is 0.636. The van der Waals surface area contributed by atoms with Gasteiger partial charge in [-0.05, 0) is 13.3 Å². The Morgan fingerprint density at radius 2 is 2.06 bits per heavy atom. The molecule has 0 aromatic carbocycles. The van der Waals surface area contributed by atoms with Crippen molar-refractivity contribution in [2.24, 2.45) is 0 Å². The Kier molecular flexibility index (Phi) is 6.27. The van der Waals surface area contributed by atoms with Gasteiger partial charge in [-0.2, -0.15) is 0 Å². The number of hydrogen-bond donors (Lipinski definition) is 3. The molecule has 0 bridgehead atoms. The first-order valence-corrected chi connectivity index (χ1v) is 5.73. The van der Waals surface area contributed by atoms with Crippen LogP contribution in [-0.4, -0.2) is 48.0 Å². The molecule has 0 fully saturated rings. The van der Waals surface area contributed by atoms with Crippen molar-refractivity contribution < 1.29 is 9.84 Å². The lowest BCUT2D eigenvalue weighted by molar-refractivity contribution is 0.0615. The van der Waals surface area contributed by atoms with Crippen molar-refractivity contribution in [2.45, 2.75) is 19.4 Å². The summed E-state index contributed by atoms with van der Waals surface area (Å²) in [5, 5.41) is 15.6. The van der Waals surface area contributed by atoms with Crippen molar-refractivity contribution in [3.63, 3.8) is 0 Å². The van der Waals surface area contributed by atoms with E-state index in [4.69, 9.17) is 4.74 Å². The average molecular weight is 240 g/mol. The Hall–Kier alpha value is -1.40. The van der Waals surface area contributed by atoms with Crippen molar-refractivity contribution in [3.8, 4) is 0 Å². The molecule has 1 aromatic rings. The first kappa shape index (κ1) is 13.7. The molecule has 1 aromatic heterocycles. The number of hydrogen-bond acceptors (Lipinski definition) is 6. The van der Waals surface area contributed by atoms with E-state index in [1.807, 2.05) is 6.92 Å². The summed E-state index contributed by atoms with van der Waals surface area (Å²) in [5.74, 6) is 1.45. The molecule has 0 amide bonds. The van der Waals surface area contributed by atoms with Crippen molar-refractivity contribution in [2.75, 3.05) is 37.4 Å². The van der Waals surface area contributed by atoms with Crippen LogP contribution < -0.4 is 10.6 Å². The molecule has 96 valence electrons. The molecule has 0 aliphatic carbocycles. The van der Waals surface area contributed by atoms with Crippen LogP contribution in [0.3, 0.4) is 0 Å². The van der Waals surface area contributed by atoms with E-state index < -0.39 is 6.10 Å². The molecule has 0 saturated heterocycles. The smallest absolute Gasteiger partial charge is 0.146 e. The predicted octanol–water partition coefficient (Wildman–Crippen LogP) is 0.718. The largest absolute Gasteiger partial charge is 0.391 e. The van der Waals surface area contributed by atoms with Crippen molar-refractivity contribution >= 4 is 11.6 Å². The minimum absolute atomic E-state index is 0.352. The summed E-state index contributed by atoms with van der Waals surface area (Å²) < 4.78 is 4.84. The Bertz CT molecular complexity index is 322. The van der Waals surface area contributed by atoms with Gasteiger partial charge in [0.1, 0.15) is 11.6 Å². The van der Waals surface area contributed by atoms with Crippen molar-refractivity contribution in [3.05, 3.63) is 12.4 Å². The fourth-order valence-electron chi connectivity index (χ4n) is 1.36. The summed E-state index contributed by atoms with van der Waals surface area (Å²) in [6.45, 7) is 3.80. The zero-order valence-electron chi connectivity index (χ0n) is 10.3. The molecular weight excluding hydrogens is 220 g/mol. The fourth-order valence-corrected chi connectivity index (χ4v) is 1.36. The van der Waals surface area contributed by atoms with E-state index in [0.717, 1.165) is 12.4 Å². The zero-order valence-corrected chi connectivity index (χ0v) is 10.3. The SMILES string of the molecule is CCNc1cncc(NCCC(O)COC)n1. The highest BCUT2D eigenvalue weighted by molar-refractivity contribution is 5.41. The van der Waals surface area contributed by atoms with Gasteiger partial charge in [0.2, 0.25) is 0 Å². The third kappa shape index (κ3) is 5.46. The predicted molar refractivity (Wildman–Crippen MR) is 67.2 cm³/mol. The third-order valence-electron chi connectivity index (χ3n) is 2.14. The number of aromatic nitrogens is 2. The summed E-state index contributed by atoms with van der Waals surface area (Å²) in [4.78, 5) is 8.37. The maximum atomic E-state index is 9.45. The second-order valence-corrected chi connectivity index (χ2v) is 3.64. The first-order chi connectivity index (χ1) is 8.26. The summed E-state index contributed by atoms with van der Waals surface area (Å²) in [5.41, 5.74) is 0. The molecule has 1 unspecified atom stereocenters. The zero-order chi connectivity index (χ0) is 12.5. The molecule has 17 heavy (non-hydrogen) atoms. The van der Waals surface area contributed by atoms with Gasteiger partial charge in [-0.1, -0.05) is 0 Å². The Balaban J connectivity index is 2.33. The topological polar surface area (TPSA) is 79.3 Å². The second-order valence-electron chi connectivity index (χ2n) is 3.64. The molecule has 0 radical (unpaired) electrons. The molecule has 6 heteroatoms. The number of nitrogens with one attached hydrogen (secondary N) is 2. The number of aliphatic hydroxyl groups excluding tert-OH is 1. The van der Waals surface area contributed by atoms with Gasteiger partial charge in [0, 0.05) is 20.2 Å². The minimum atomic E-state index is -0.447. The normalized spacial score (nSPS) is 12.2. The monoisotopic (exact) mass is 240 g/mol. The van der Waals surface area contributed by atoms with Crippen LogP contribution in [0.15, 0.2) is 12.4 Å². The van der Waals surface area contributed by atoms with Gasteiger partial charge in [-0.15, -0.1) is 0 Å². The van der Waals surface area contributed by atoms with Crippen LogP contribution in [0.5, 0.6) is 0 Å². The van der Waals surface area contributed by atoms with E-state index >= 15 is 0 Å². The van der Waals surface area contributed by atoms with Gasteiger partial charge in [0.05, 0.1) is 25.1 Å². The maximum absolute atomic E-state index is 9.45. The Morgan fingerprint density at radius 3 is 2.71 bits per heavy atom. The van der Waals surface area contributed by atoms with Gasteiger partial charge in [0.25, 0.3) is 0 Å². The quantitative estimate of drug-likeness (QED) is 0.621. The highest BCUT2D eigenvalue weighted by atomic mass is 16.5.